The summed E-state index contributed by atoms with van der Waals surface area (Å²) in [4.78, 5) is 21.9. The lowest BCUT2D eigenvalue weighted by molar-refractivity contribution is -0.142. The molecule has 0 saturated carbocycles. The molecule has 8 heteroatoms. The average molecular weight is 240 g/mol. The highest BCUT2D eigenvalue weighted by Gasteiger charge is 2.12. The van der Waals surface area contributed by atoms with Gasteiger partial charge in [0.15, 0.2) is 0 Å². The molecule has 0 aromatic heterocycles. The molecule has 16 heavy (non-hydrogen) atoms. The number of halogens is 2. The van der Waals surface area contributed by atoms with Crippen LogP contribution in [0.25, 0.3) is 0 Å². The Balaban J connectivity index is 3.53. The highest BCUT2D eigenvalue weighted by molar-refractivity contribution is 5.73. The minimum absolute atomic E-state index is 0.0144. The van der Waals surface area contributed by atoms with Crippen molar-refractivity contribution in [2.75, 3.05) is 33.4 Å². The summed E-state index contributed by atoms with van der Waals surface area (Å²) in [5.41, 5.74) is 0. The van der Waals surface area contributed by atoms with Gasteiger partial charge in [-0.1, -0.05) is 0 Å². The number of rotatable bonds is 7. The van der Waals surface area contributed by atoms with Crippen molar-refractivity contribution in [3.05, 3.63) is 0 Å². The van der Waals surface area contributed by atoms with Crippen LogP contribution in [0.4, 0.5) is 13.6 Å². The lowest BCUT2D eigenvalue weighted by Crippen LogP contribution is -2.41. The number of amides is 2. The summed E-state index contributed by atoms with van der Waals surface area (Å²) in [6.45, 7) is -1.02. The van der Waals surface area contributed by atoms with E-state index in [1.165, 1.54) is 7.05 Å². The van der Waals surface area contributed by atoms with Crippen molar-refractivity contribution in [3.8, 4) is 0 Å². The standard InChI is InChI=1S/C8H14F2N2O4/c1-12(4-6(9)10)8(15)11-2-3-16-5-7(13)14/h6H,2-5H2,1H3,(H,11,15)(H,13,14). The van der Waals surface area contributed by atoms with Crippen LogP contribution < -0.4 is 5.32 Å². The first kappa shape index (κ1) is 14.6. The quantitative estimate of drug-likeness (QED) is 0.614. The Morgan fingerprint density at radius 2 is 2.12 bits per heavy atom. The number of urea groups is 1. The van der Waals surface area contributed by atoms with Gasteiger partial charge in [0.1, 0.15) is 6.61 Å². The zero-order valence-corrected chi connectivity index (χ0v) is 8.78. The SMILES string of the molecule is CN(CC(F)F)C(=O)NCCOCC(=O)O. The summed E-state index contributed by atoms with van der Waals surface area (Å²) in [6.07, 6.45) is -2.58. The van der Waals surface area contributed by atoms with Crippen molar-refractivity contribution in [2.24, 2.45) is 0 Å². The Bertz CT molecular complexity index is 238. The van der Waals surface area contributed by atoms with Crippen LogP contribution in [-0.4, -0.2) is 61.8 Å². The molecule has 0 radical (unpaired) electrons. The molecule has 0 aliphatic heterocycles. The van der Waals surface area contributed by atoms with Gasteiger partial charge in [-0.3, -0.25) is 0 Å². The van der Waals surface area contributed by atoms with Gasteiger partial charge in [0.25, 0.3) is 6.43 Å². The fourth-order valence-electron chi connectivity index (χ4n) is 0.815. The summed E-state index contributed by atoms with van der Waals surface area (Å²) in [5, 5.41) is 10.5. The molecule has 0 aromatic rings. The molecular weight excluding hydrogens is 226 g/mol. The summed E-state index contributed by atoms with van der Waals surface area (Å²) in [7, 11) is 1.24. The number of aliphatic carboxylic acids is 1. The van der Waals surface area contributed by atoms with E-state index in [4.69, 9.17) is 5.11 Å². The van der Waals surface area contributed by atoms with Gasteiger partial charge >= 0.3 is 12.0 Å². The van der Waals surface area contributed by atoms with Gasteiger partial charge in [0.2, 0.25) is 0 Å². The molecule has 0 unspecified atom stereocenters. The number of carboxylic acids is 1. The third-order valence-electron chi connectivity index (χ3n) is 1.51. The average Bonchev–Trinajstić information content (AvgIpc) is 2.15. The molecule has 0 bridgehead atoms. The van der Waals surface area contributed by atoms with Crippen molar-refractivity contribution in [1.82, 2.24) is 10.2 Å². The van der Waals surface area contributed by atoms with Gasteiger partial charge in [0, 0.05) is 13.6 Å². The molecule has 0 saturated heterocycles. The number of carbonyl (C=O) groups excluding carboxylic acids is 1. The van der Waals surface area contributed by atoms with E-state index < -0.39 is 31.6 Å². The predicted molar refractivity (Wildman–Crippen MR) is 50.5 cm³/mol. The van der Waals surface area contributed by atoms with Crippen LogP contribution in [0.2, 0.25) is 0 Å². The second-order valence-corrected chi connectivity index (χ2v) is 2.95. The molecule has 0 spiro atoms. The fraction of sp³-hybridized carbons (Fsp3) is 0.750. The Morgan fingerprint density at radius 1 is 1.50 bits per heavy atom. The fourth-order valence-corrected chi connectivity index (χ4v) is 0.815. The Labute approximate surface area is 91.2 Å². The maximum Gasteiger partial charge on any atom is 0.329 e. The second kappa shape index (κ2) is 7.80. The zero-order chi connectivity index (χ0) is 12.6. The van der Waals surface area contributed by atoms with E-state index in [-0.39, 0.29) is 13.2 Å². The maximum atomic E-state index is 11.9. The summed E-state index contributed by atoms with van der Waals surface area (Å²) in [5.74, 6) is -1.11. The van der Waals surface area contributed by atoms with Crippen molar-refractivity contribution in [3.63, 3.8) is 0 Å². The molecule has 2 amide bonds. The van der Waals surface area contributed by atoms with Gasteiger partial charge in [-0.2, -0.15) is 0 Å². The van der Waals surface area contributed by atoms with E-state index in [0.29, 0.717) is 0 Å². The van der Waals surface area contributed by atoms with E-state index in [0.717, 1.165) is 4.90 Å². The number of ether oxygens (including phenoxy) is 1. The minimum atomic E-state index is -2.58. The molecule has 94 valence electrons. The van der Waals surface area contributed by atoms with Crippen molar-refractivity contribution >= 4 is 12.0 Å². The summed E-state index contributed by atoms with van der Waals surface area (Å²) < 4.78 is 28.4. The van der Waals surface area contributed by atoms with Crippen LogP contribution in [0.3, 0.4) is 0 Å². The van der Waals surface area contributed by atoms with Crippen LogP contribution in [-0.2, 0) is 9.53 Å². The first-order valence-electron chi connectivity index (χ1n) is 4.50. The number of carbonyl (C=O) groups is 2. The predicted octanol–water partition coefficient (Wildman–Crippen LogP) is -0.00590. The van der Waals surface area contributed by atoms with Crippen molar-refractivity contribution in [1.29, 1.82) is 0 Å². The lowest BCUT2D eigenvalue weighted by atomic mass is 10.6. The van der Waals surface area contributed by atoms with Gasteiger partial charge < -0.3 is 20.1 Å². The number of hydrogen-bond acceptors (Lipinski definition) is 3. The number of nitrogens with zero attached hydrogens (tertiary/aromatic N) is 1. The summed E-state index contributed by atoms with van der Waals surface area (Å²) >= 11 is 0. The van der Waals surface area contributed by atoms with E-state index in [1.54, 1.807) is 0 Å². The molecular formula is C8H14F2N2O4. The van der Waals surface area contributed by atoms with Crippen LogP contribution in [0.15, 0.2) is 0 Å². The number of alkyl halides is 2. The van der Waals surface area contributed by atoms with E-state index in [2.05, 4.69) is 10.1 Å². The first-order valence-corrected chi connectivity index (χ1v) is 4.50. The second-order valence-electron chi connectivity index (χ2n) is 2.95. The first-order chi connectivity index (χ1) is 7.43. The molecule has 6 nitrogen and oxygen atoms in total. The highest BCUT2D eigenvalue weighted by Crippen LogP contribution is 1.95. The van der Waals surface area contributed by atoms with E-state index >= 15 is 0 Å². The number of carboxylic acid groups (broad SMARTS) is 1. The Morgan fingerprint density at radius 3 is 2.62 bits per heavy atom. The largest absolute Gasteiger partial charge is 0.480 e. The Kier molecular flexibility index (Phi) is 7.10. The topological polar surface area (TPSA) is 78.9 Å². The monoisotopic (exact) mass is 240 g/mol. The normalized spacial score (nSPS) is 10.2. The molecule has 0 heterocycles. The molecule has 0 atom stereocenters. The molecule has 0 aliphatic rings. The van der Waals surface area contributed by atoms with Gasteiger partial charge in [-0.05, 0) is 0 Å². The molecule has 0 aromatic carbocycles. The zero-order valence-electron chi connectivity index (χ0n) is 8.78. The molecule has 0 fully saturated rings. The number of hydrogen-bond donors (Lipinski definition) is 2. The molecule has 0 aliphatic carbocycles. The van der Waals surface area contributed by atoms with Crippen molar-refractivity contribution < 1.29 is 28.2 Å². The smallest absolute Gasteiger partial charge is 0.329 e. The number of nitrogens with one attached hydrogen (secondary N) is 1. The maximum absolute atomic E-state index is 11.9. The van der Waals surface area contributed by atoms with E-state index in [1.807, 2.05) is 0 Å². The summed E-state index contributed by atoms with van der Waals surface area (Å²) in [6, 6.07) is -0.653. The van der Waals surface area contributed by atoms with Gasteiger partial charge in [0.05, 0.1) is 13.2 Å². The van der Waals surface area contributed by atoms with Crippen LogP contribution >= 0.6 is 0 Å². The lowest BCUT2D eigenvalue weighted by Gasteiger charge is -2.17. The minimum Gasteiger partial charge on any atom is -0.480 e. The van der Waals surface area contributed by atoms with Crippen LogP contribution in [0.1, 0.15) is 0 Å². The van der Waals surface area contributed by atoms with Crippen LogP contribution in [0, 0.1) is 0 Å². The highest BCUT2D eigenvalue weighted by atomic mass is 19.3. The molecule has 2 N–H and O–H groups in total. The van der Waals surface area contributed by atoms with Gasteiger partial charge in [-0.25, -0.2) is 18.4 Å². The third-order valence-corrected chi connectivity index (χ3v) is 1.51. The molecule has 0 rings (SSSR count). The van der Waals surface area contributed by atoms with Crippen LogP contribution in [0.5, 0.6) is 0 Å². The van der Waals surface area contributed by atoms with Crippen molar-refractivity contribution in [2.45, 2.75) is 6.43 Å². The van der Waals surface area contributed by atoms with Gasteiger partial charge in [-0.15, -0.1) is 0 Å². The van der Waals surface area contributed by atoms with E-state index in [9.17, 15) is 18.4 Å². The third kappa shape index (κ3) is 7.92. The Hall–Kier alpha value is -1.44.